The van der Waals surface area contributed by atoms with E-state index in [2.05, 4.69) is 20.8 Å². The zero-order valence-electron chi connectivity index (χ0n) is 9.53. The summed E-state index contributed by atoms with van der Waals surface area (Å²) in [4.78, 5) is 0. The molecule has 0 aliphatic heterocycles. The van der Waals surface area contributed by atoms with E-state index in [1.807, 2.05) is 24.3 Å². The van der Waals surface area contributed by atoms with Crippen molar-refractivity contribution in [2.75, 3.05) is 6.16 Å². The Labute approximate surface area is 98.4 Å². The summed E-state index contributed by atoms with van der Waals surface area (Å²) in [5.41, 5.74) is 1.24. The normalized spacial score (nSPS) is 12.9. The molecule has 0 aliphatic rings. The average Bonchev–Trinajstić information content (AvgIpc) is 2.19. The molecule has 1 nitrogen and oxygen atoms in total. The minimum absolute atomic E-state index is 0.690. The molecule has 0 heterocycles. The van der Waals surface area contributed by atoms with Gasteiger partial charge in [-0.1, -0.05) is 31.5 Å². The molecule has 1 unspecified atom stereocenters. The lowest BCUT2D eigenvalue weighted by atomic mass is 10.2. The molecule has 0 saturated heterocycles. The van der Waals surface area contributed by atoms with E-state index in [-0.39, 0.29) is 0 Å². The van der Waals surface area contributed by atoms with Gasteiger partial charge in [0, 0.05) is 6.16 Å². The fourth-order valence-corrected chi connectivity index (χ4v) is 2.81. The molecule has 1 aromatic carbocycles. The van der Waals surface area contributed by atoms with Crippen LogP contribution in [0.5, 0.6) is 5.75 Å². The SMILES string of the molecule is Cc1ccc(OP(Cl)CCC(C)C)cc1. The molecule has 0 spiro atoms. The van der Waals surface area contributed by atoms with Gasteiger partial charge in [-0.15, -0.1) is 0 Å². The molecule has 0 aromatic heterocycles. The monoisotopic (exact) mass is 244 g/mol. The average molecular weight is 245 g/mol. The number of rotatable bonds is 5. The van der Waals surface area contributed by atoms with Crippen molar-refractivity contribution in [2.45, 2.75) is 27.2 Å². The summed E-state index contributed by atoms with van der Waals surface area (Å²) in [7, 11) is -0.827. The molecule has 0 amide bonds. The molecule has 1 rings (SSSR count). The van der Waals surface area contributed by atoms with Gasteiger partial charge in [0.05, 0.1) is 0 Å². The molecule has 0 bridgehead atoms. The summed E-state index contributed by atoms with van der Waals surface area (Å²) < 4.78 is 5.65. The van der Waals surface area contributed by atoms with Gasteiger partial charge >= 0.3 is 0 Å². The van der Waals surface area contributed by atoms with Crippen molar-refractivity contribution in [1.82, 2.24) is 0 Å². The molecule has 1 atom stereocenters. The largest absolute Gasteiger partial charge is 0.458 e. The second-order valence-corrected chi connectivity index (χ2v) is 6.52. The predicted octanol–water partition coefficient (Wildman–Crippen LogP) is 4.97. The summed E-state index contributed by atoms with van der Waals surface area (Å²) in [5, 5.41) is 0. The van der Waals surface area contributed by atoms with Crippen LogP contribution < -0.4 is 4.52 Å². The first-order chi connectivity index (χ1) is 7.08. The van der Waals surface area contributed by atoms with E-state index in [0.717, 1.165) is 18.3 Å². The fraction of sp³-hybridized carbons (Fsp3) is 0.500. The van der Waals surface area contributed by atoms with Crippen LogP contribution in [0.4, 0.5) is 0 Å². The summed E-state index contributed by atoms with van der Waals surface area (Å²) in [6.45, 7) is 6.46. The van der Waals surface area contributed by atoms with Gasteiger partial charge in [0.15, 0.2) is 7.50 Å². The lowest BCUT2D eigenvalue weighted by Crippen LogP contribution is -1.93. The molecular weight excluding hydrogens is 227 g/mol. The van der Waals surface area contributed by atoms with E-state index in [0.29, 0.717) is 5.92 Å². The maximum atomic E-state index is 6.14. The summed E-state index contributed by atoms with van der Waals surface area (Å²) >= 11 is 6.14. The van der Waals surface area contributed by atoms with Crippen molar-refractivity contribution in [3.05, 3.63) is 29.8 Å². The molecule has 3 heteroatoms. The number of benzene rings is 1. The highest BCUT2D eigenvalue weighted by molar-refractivity contribution is 7.80. The third-order valence-electron chi connectivity index (χ3n) is 2.11. The third kappa shape index (κ3) is 5.39. The summed E-state index contributed by atoms with van der Waals surface area (Å²) in [6, 6.07) is 8.03. The number of hydrogen-bond donors (Lipinski definition) is 0. The van der Waals surface area contributed by atoms with Crippen molar-refractivity contribution in [3.63, 3.8) is 0 Å². The lowest BCUT2D eigenvalue weighted by molar-refractivity contribution is 0.593. The molecule has 0 saturated carbocycles. The molecule has 1 aromatic rings. The molecule has 84 valence electrons. The lowest BCUT2D eigenvalue weighted by Gasteiger charge is -2.12. The molecule has 0 N–H and O–H groups in total. The van der Waals surface area contributed by atoms with Crippen LogP contribution in [0.2, 0.25) is 0 Å². The van der Waals surface area contributed by atoms with E-state index in [9.17, 15) is 0 Å². The highest BCUT2D eigenvalue weighted by atomic mass is 35.7. The van der Waals surface area contributed by atoms with Gasteiger partial charge in [-0.05, 0) is 42.6 Å². The van der Waals surface area contributed by atoms with E-state index in [1.54, 1.807) is 0 Å². The van der Waals surface area contributed by atoms with Crippen molar-refractivity contribution >= 4 is 18.7 Å². The molecule has 15 heavy (non-hydrogen) atoms. The summed E-state index contributed by atoms with van der Waals surface area (Å²) in [5.74, 6) is 1.57. The second-order valence-electron chi connectivity index (χ2n) is 4.13. The van der Waals surface area contributed by atoms with Gasteiger partial charge in [0.25, 0.3) is 0 Å². The Morgan fingerprint density at radius 2 is 1.87 bits per heavy atom. The first-order valence-electron chi connectivity index (χ1n) is 5.26. The van der Waals surface area contributed by atoms with Gasteiger partial charge in [-0.2, -0.15) is 0 Å². The Morgan fingerprint density at radius 3 is 2.40 bits per heavy atom. The first-order valence-corrected chi connectivity index (χ1v) is 7.61. The van der Waals surface area contributed by atoms with Gasteiger partial charge in [-0.3, -0.25) is 0 Å². The van der Waals surface area contributed by atoms with Crippen molar-refractivity contribution in [1.29, 1.82) is 0 Å². The van der Waals surface area contributed by atoms with Crippen LogP contribution in [0.3, 0.4) is 0 Å². The van der Waals surface area contributed by atoms with E-state index >= 15 is 0 Å². The molecular formula is C12H18ClOP. The van der Waals surface area contributed by atoms with E-state index in [1.165, 1.54) is 5.56 Å². The number of hydrogen-bond acceptors (Lipinski definition) is 1. The smallest absolute Gasteiger partial charge is 0.182 e. The van der Waals surface area contributed by atoms with Crippen molar-refractivity contribution in [3.8, 4) is 5.75 Å². The number of aryl methyl sites for hydroxylation is 1. The van der Waals surface area contributed by atoms with Crippen LogP contribution in [-0.4, -0.2) is 6.16 Å². The third-order valence-corrected chi connectivity index (χ3v) is 3.84. The zero-order chi connectivity index (χ0) is 11.3. The standard InChI is InChI=1S/C12H18ClOP/c1-10(2)8-9-15(13)14-12-6-4-11(3)5-7-12/h4-7,10H,8-9H2,1-3H3. The Hall–Kier alpha value is -0.260. The molecule has 0 radical (unpaired) electrons. The summed E-state index contributed by atoms with van der Waals surface area (Å²) in [6.07, 6.45) is 2.09. The second kappa shape index (κ2) is 6.35. The minimum Gasteiger partial charge on any atom is -0.458 e. The van der Waals surface area contributed by atoms with Gasteiger partial charge in [0.1, 0.15) is 5.75 Å². The molecule has 0 aliphatic carbocycles. The van der Waals surface area contributed by atoms with Crippen LogP contribution in [0.25, 0.3) is 0 Å². The Morgan fingerprint density at radius 1 is 1.27 bits per heavy atom. The van der Waals surface area contributed by atoms with Gasteiger partial charge in [-0.25, -0.2) is 0 Å². The number of halogens is 1. The van der Waals surface area contributed by atoms with Gasteiger partial charge < -0.3 is 4.52 Å². The van der Waals surface area contributed by atoms with Crippen LogP contribution in [0, 0.1) is 12.8 Å². The van der Waals surface area contributed by atoms with E-state index in [4.69, 9.17) is 15.8 Å². The highest BCUT2D eigenvalue weighted by Crippen LogP contribution is 2.44. The van der Waals surface area contributed by atoms with Crippen LogP contribution in [0.15, 0.2) is 24.3 Å². The maximum Gasteiger partial charge on any atom is 0.182 e. The minimum atomic E-state index is -0.827. The van der Waals surface area contributed by atoms with Gasteiger partial charge in [0.2, 0.25) is 0 Å². The first kappa shape index (κ1) is 12.8. The van der Waals surface area contributed by atoms with Crippen LogP contribution in [0.1, 0.15) is 25.8 Å². The Balaban J connectivity index is 2.37. The van der Waals surface area contributed by atoms with E-state index < -0.39 is 7.50 Å². The van der Waals surface area contributed by atoms with Crippen LogP contribution in [-0.2, 0) is 0 Å². The highest BCUT2D eigenvalue weighted by Gasteiger charge is 2.08. The maximum absolute atomic E-state index is 6.14. The zero-order valence-corrected chi connectivity index (χ0v) is 11.2. The molecule has 0 fully saturated rings. The Bertz CT molecular complexity index is 284. The van der Waals surface area contributed by atoms with Crippen LogP contribution >= 0.6 is 18.7 Å². The Kier molecular flexibility index (Phi) is 5.42. The fourth-order valence-electron chi connectivity index (χ4n) is 1.12. The van der Waals surface area contributed by atoms with Crippen molar-refractivity contribution < 1.29 is 4.52 Å². The van der Waals surface area contributed by atoms with Crippen molar-refractivity contribution in [2.24, 2.45) is 5.92 Å². The quantitative estimate of drug-likeness (QED) is 0.665. The predicted molar refractivity (Wildman–Crippen MR) is 68.9 cm³/mol. The topological polar surface area (TPSA) is 9.23 Å².